The minimum atomic E-state index is -0.161. The molecule has 1 aliphatic rings. The van der Waals surface area contributed by atoms with Crippen molar-refractivity contribution in [3.8, 4) is 5.75 Å². The molecule has 0 unspecified atom stereocenters. The van der Waals surface area contributed by atoms with Crippen LogP contribution in [0.2, 0.25) is 5.28 Å². The van der Waals surface area contributed by atoms with E-state index in [0.717, 1.165) is 13.1 Å². The first-order valence-corrected chi connectivity index (χ1v) is 5.66. The van der Waals surface area contributed by atoms with E-state index in [9.17, 15) is 9.90 Å². The number of nitrogens with zero attached hydrogens (tertiary/aromatic N) is 2. The van der Waals surface area contributed by atoms with Gasteiger partial charge in [0.1, 0.15) is 5.75 Å². The van der Waals surface area contributed by atoms with E-state index in [1.807, 2.05) is 0 Å². The summed E-state index contributed by atoms with van der Waals surface area (Å²) in [5.41, 5.74) is 0.259. The van der Waals surface area contributed by atoms with Gasteiger partial charge in [-0.25, -0.2) is 4.98 Å². The summed E-state index contributed by atoms with van der Waals surface area (Å²) in [5, 5.41) is 13.1. The minimum absolute atomic E-state index is 0.0701. The van der Waals surface area contributed by atoms with Crippen LogP contribution in [0.25, 0.3) is 10.9 Å². The maximum absolute atomic E-state index is 12.2. The summed E-state index contributed by atoms with van der Waals surface area (Å²) >= 11 is 6.01. The lowest BCUT2D eigenvalue weighted by atomic mass is 10.1. The number of halogens is 1. The summed E-state index contributed by atoms with van der Waals surface area (Å²) in [4.78, 5) is 16.4. The number of hydrogen-bond acceptors (Lipinski definition) is 4. The van der Waals surface area contributed by atoms with Crippen LogP contribution in [0.4, 0.5) is 0 Å². The Morgan fingerprint density at radius 1 is 1.47 bits per heavy atom. The van der Waals surface area contributed by atoms with E-state index in [-0.39, 0.29) is 22.6 Å². The van der Waals surface area contributed by atoms with Crippen LogP contribution in [-0.2, 0) is 0 Å². The largest absolute Gasteiger partial charge is 0.508 e. The summed E-state index contributed by atoms with van der Waals surface area (Å²) < 4.78 is 1.50. The minimum Gasteiger partial charge on any atom is -0.508 e. The number of rotatable bonds is 1. The van der Waals surface area contributed by atoms with Crippen LogP contribution >= 0.6 is 11.6 Å². The first-order chi connectivity index (χ1) is 8.16. The Labute approximate surface area is 102 Å². The maximum Gasteiger partial charge on any atom is 0.262 e. The molecule has 0 spiro atoms. The van der Waals surface area contributed by atoms with Crippen molar-refractivity contribution in [2.24, 2.45) is 0 Å². The molecule has 2 aromatic rings. The van der Waals surface area contributed by atoms with Crippen LogP contribution in [-0.4, -0.2) is 27.7 Å². The normalized spacial score (nSPS) is 16.1. The van der Waals surface area contributed by atoms with Gasteiger partial charge in [-0.15, -0.1) is 0 Å². The van der Waals surface area contributed by atoms with Crippen molar-refractivity contribution in [3.63, 3.8) is 0 Å². The van der Waals surface area contributed by atoms with Gasteiger partial charge in [0.2, 0.25) is 5.28 Å². The van der Waals surface area contributed by atoms with Crippen LogP contribution in [0, 0.1) is 0 Å². The van der Waals surface area contributed by atoms with Crippen molar-refractivity contribution in [1.82, 2.24) is 14.9 Å². The van der Waals surface area contributed by atoms with Gasteiger partial charge >= 0.3 is 0 Å². The maximum atomic E-state index is 12.2. The number of benzene rings is 1. The summed E-state index contributed by atoms with van der Waals surface area (Å²) in [7, 11) is 0. The third kappa shape index (κ3) is 1.59. The zero-order valence-electron chi connectivity index (χ0n) is 8.85. The summed E-state index contributed by atoms with van der Waals surface area (Å²) in [6, 6.07) is 4.55. The molecule has 17 heavy (non-hydrogen) atoms. The van der Waals surface area contributed by atoms with E-state index >= 15 is 0 Å². The molecule has 1 aromatic heterocycles. The Morgan fingerprint density at radius 3 is 2.88 bits per heavy atom. The van der Waals surface area contributed by atoms with Crippen LogP contribution in [0.15, 0.2) is 23.0 Å². The fraction of sp³-hybridized carbons (Fsp3) is 0.273. The van der Waals surface area contributed by atoms with Crippen molar-refractivity contribution in [3.05, 3.63) is 33.8 Å². The fourth-order valence-electron chi connectivity index (χ4n) is 1.93. The van der Waals surface area contributed by atoms with Gasteiger partial charge in [0.15, 0.2) is 0 Å². The van der Waals surface area contributed by atoms with E-state index in [1.165, 1.54) is 16.7 Å². The lowest BCUT2D eigenvalue weighted by Crippen LogP contribution is -2.47. The van der Waals surface area contributed by atoms with Gasteiger partial charge < -0.3 is 10.4 Å². The van der Waals surface area contributed by atoms with E-state index in [4.69, 9.17) is 11.6 Å². The van der Waals surface area contributed by atoms with E-state index in [2.05, 4.69) is 10.3 Å². The monoisotopic (exact) mass is 251 g/mol. The Kier molecular flexibility index (Phi) is 2.31. The molecule has 5 nitrogen and oxygen atoms in total. The smallest absolute Gasteiger partial charge is 0.262 e. The van der Waals surface area contributed by atoms with E-state index in [1.54, 1.807) is 6.07 Å². The molecule has 0 atom stereocenters. The molecule has 2 N–H and O–H groups in total. The lowest BCUT2D eigenvalue weighted by molar-refractivity contribution is 0.335. The number of aromatic nitrogens is 2. The van der Waals surface area contributed by atoms with Crippen molar-refractivity contribution in [2.75, 3.05) is 13.1 Å². The van der Waals surface area contributed by atoms with Crippen molar-refractivity contribution >= 4 is 22.5 Å². The van der Waals surface area contributed by atoms with Crippen LogP contribution in [0.1, 0.15) is 6.04 Å². The number of fused-ring (bicyclic) bond motifs is 1. The molecular formula is C11H10ClN3O2. The molecule has 2 heterocycles. The van der Waals surface area contributed by atoms with Crippen LogP contribution in [0.5, 0.6) is 5.75 Å². The van der Waals surface area contributed by atoms with Gasteiger partial charge in [-0.2, -0.15) is 0 Å². The second kappa shape index (κ2) is 3.72. The fourth-order valence-corrected chi connectivity index (χ4v) is 2.24. The highest BCUT2D eigenvalue weighted by Crippen LogP contribution is 2.20. The molecule has 1 fully saturated rings. The molecule has 0 aliphatic carbocycles. The first kappa shape index (κ1) is 10.6. The number of phenolic OH excluding ortho intramolecular Hbond substituents is 1. The van der Waals surface area contributed by atoms with Gasteiger partial charge in [0.05, 0.1) is 16.9 Å². The molecular weight excluding hydrogens is 242 g/mol. The van der Waals surface area contributed by atoms with Gasteiger partial charge in [-0.3, -0.25) is 9.36 Å². The standard InChI is InChI=1S/C11H10ClN3O2/c12-11-14-9-3-7(16)1-2-8(9)10(17)15(11)6-4-13-5-6/h1-3,6,13,16H,4-5H2. The molecule has 1 saturated heterocycles. The van der Waals surface area contributed by atoms with Gasteiger partial charge in [-0.1, -0.05) is 0 Å². The number of hydrogen-bond donors (Lipinski definition) is 2. The van der Waals surface area contributed by atoms with E-state index in [0.29, 0.717) is 10.9 Å². The summed E-state index contributed by atoms with van der Waals surface area (Å²) in [5.74, 6) is 0.0727. The summed E-state index contributed by atoms with van der Waals surface area (Å²) in [6.45, 7) is 1.45. The Hall–Kier alpha value is -1.59. The van der Waals surface area contributed by atoms with Gasteiger partial charge in [-0.05, 0) is 23.7 Å². The predicted molar refractivity (Wildman–Crippen MR) is 64.6 cm³/mol. The first-order valence-electron chi connectivity index (χ1n) is 5.28. The average molecular weight is 252 g/mol. The number of aromatic hydroxyl groups is 1. The number of nitrogens with one attached hydrogen (secondary N) is 1. The Morgan fingerprint density at radius 2 is 2.24 bits per heavy atom. The highest BCUT2D eigenvalue weighted by molar-refractivity contribution is 6.28. The third-order valence-electron chi connectivity index (χ3n) is 2.97. The molecule has 3 rings (SSSR count). The molecule has 0 saturated carbocycles. The quantitative estimate of drug-likeness (QED) is 0.739. The Bertz CT molecular complexity index is 649. The van der Waals surface area contributed by atoms with Gasteiger partial charge in [0, 0.05) is 19.2 Å². The Balaban J connectivity index is 2.31. The van der Waals surface area contributed by atoms with Crippen molar-refractivity contribution < 1.29 is 5.11 Å². The van der Waals surface area contributed by atoms with Crippen molar-refractivity contribution in [1.29, 1.82) is 0 Å². The zero-order chi connectivity index (χ0) is 12.0. The molecule has 1 aromatic carbocycles. The van der Waals surface area contributed by atoms with Gasteiger partial charge in [0.25, 0.3) is 5.56 Å². The molecule has 1 aliphatic heterocycles. The van der Waals surface area contributed by atoms with E-state index < -0.39 is 0 Å². The predicted octanol–water partition coefficient (Wildman–Crippen LogP) is 0.900. The van der Waals surface area contributed by atoms with Crippen LogP contribution < -0.4 is 10.9 Å². The third-order valence-corrected chi connectivity index (χ3v) is 3.23. The van der Waals surface area contributed by atoms with Crippen LogP contribution in [0.3, 0.4) is 0 Å². The summed E-state index contributed by atoms with van der Waals surface area (Å²) in [6.07, 6.45) is 0. The zero-order valence-corrected chi connectivity index (χ0v) is 9.61. The molecule has 0 bridgehead atoms. The molecule has 0 radical (unpaired) electrons. The average Bonchev–Trinajstić information content (AvgIpc) is 2.20. The SMILES string of the molecule is O=c1c2ccc(O)cc2nc(Cl)n1C1CNC1. The topological polar surface area (TPSA) is 67.1 Å². The second-order valence-electron chi connectivity index (χ2n) is 4.07. The number of phenols is 1. The highest BCUT2D eigenvalue weighted by atomic mass is 35.5. The molecule has 6 heteroatoms. The second-order valence-corrected chi connectivity index (χ2v) is 4.41. The highest BCUT2D eigenvalue weighted by Gasteiger charge is 2.23. The molecule has 0 amide bonds. The van der Waals surface area contributed by atoms with Crippen molar-refractivity contribution in [2.45, 2.75) is 6.04 Å². The molecule has 88 valence electrons. The lowest BCUT2D eigenvalue weighted by Gasteiger charge is -2.29.